The summed E-state index contributed by atoms with van der Waals surface area (Å²) in [6.07, 6.45) is 1.68. The highest BCUT2D eigenvalue weighted by Crippen LogP contribution is 2.32. The second kappa shape index (κ2) is 2.53. The molecule has 1 rings (SSSR count). The van der Waals surface area contributed by atoms with Crippen LogP contribution in [0.25, 0.3) is 0 Å². The molecule has 2 nitrogen and oxygen atoms in total. The molecule has 0 spiro atoms. The van der Waals surface area contributed by atoms with Gasteiger partial charge in [-0.15, -0.1) is 0 Å². The van der Waals surface area contributed by atoms with Crippen LogP contribution >= 0.6 is 15.9 Å². The zero-order valence-corrected chi connectivity index (χ0v) is 7.77. The van der Waals surface area contributed by atoms with Crippen LogP contribution in [0.2, 0.25) is 0 Å². The second-order valence-corrected chi connectivity index (χ2v) is 4.00. The van der Waals surface area contributed by atoms with Crippen LogP contribution in [0, 0.1) is 0 Å². The fourth-order valence-electron chi connectivity index (χ4n) is 1.03. The topological polar surface area (TPSA) is 26.3 Å². The summed E-state index contributed by atoms with van der Waals surface area (Å²) in [4.78, 5) is 10.8. The molecule has 58 valence electrons. The molecule has 0 aromatic heterocycles. The maximum Gasteiger partial charge on any atom is 0.320 e. The number of hydrogen-bond donors (Lipinski definition) is 0. The normalized spacial score (nSPS) is 39.9. The first-order valence-corrected chi connectivity index (χ1v) is 4.36. The van der Waals surface area contributed by atoms with Gasteiger partial charge in [-0.1, -0.05) is 22.9 Å². The van der Waals surface area contributed by atoms with Crippen LogP contribution in [0.3, 0.4) is 0 Å². The smallest absolute Gasteiger partial charge is 0.320 e. The average molecular weight is 207 g/mol. The van der Waals surface area contributed by atoms with Crippen LogP contribution < -0.4 is 0 Å². The van der Waals surface area contributed by atoms with Crippen molar-refractivity contribution in [2.75, 3.05) is 0 Å². The van der Waals surface area contributed by atoms with E-state index in [1.165, 1.54) is 0 Å². The molecule has 1 saturated heterocycles. The first kappa shape index (κ1) is 8.05. The minimum atomic E-state index is -0.217. The number of rotatable bonds is 1. The molecule has 1 aliphatic rings. The number of carbonyl (C=O) groups excluding carboxylic acids is 1. The van der Waals surface area contributed by atoms with Crippen LogP contribution in [-0.4, -0.2) is 16.4 Å². The van der Waals surface area contributed by atoms with Gasteiger partial charge < -0.3 is 4.74 Å². The van der Waals surface area contributed by atoms with Gasteiger partial charge in [0.2, 0.25) is 0 Å². The van der Waals surface area contributed by atoms with Crippen molar-refractivity contribution in [3.63, 3.8) is 0 Å². The first-order valence-electron chi connectivity index (χ1n) is 3.44. The van der Waals surface area contributed by atoms with Gasteiger partial charge in [0.25, 0.3) is 0 Å². The van der Waals surface area contributed by atoms with Crippen molar-refractivity contribution < 1.29 is 9.53 Å². The molecule has 1 unspecified atom stereocenters. The van der Waals surface area contributed by atoms with E-state index in [0.29, 0.717) is 0 Å². The summed E-state index contributed by atoms with van der Waals surface area (Å²) < 4.78 is 5.12. The van der Waals surface area contributed by atoms with Crippen LogP contribution in [-0.2, 0) is 9.53 Å². The molecule has 0 aliphatic carbocycles. The van der Waals surface area contributed by atoms with Crippen LogP contribution in [0.1, 0.15) is 26.7 Å². The van der Waals surface area contributed by atoms with Gasteiger partial charge >= 0.3 is 5.97 Å². The predicted octanol–water partition coefficient (Wildman–Crippen LogP) is 1.87. The average Bonchev–Trinajstić information content (AvgIpc) is 2.10. The van der Waals surface area contributed by atoms with E-state index in [-0.39, 0.29) is 16.4 Å². The van der Waals surface area contributed by atoms with Crippen molar-refractivity contribution in [2.24, 2.45) is 0 Å². The number of cyclic esters (lactones) is 1. The molecule has 0 amide bonds. The molecule has 1 heterocycles. The highest BCUT2D eigenvalue weighted by atomic mass is 79.9. The molecule has 0 saturated carbocycles. The Morgan fingerprint density at radius 3 is 2.70 bits per heavy atom. The molecule has 1 fully saturated rings. The lowest BCUT2D eigenvalue weighted by molar-refractivity contribution is -0.146. The summed E-state index contributed by atoms with van der Waals surface area (Å²) >= 11 is 3.25. The summed E-state index contributed by atoms with van der Waals surface area (Å²) in [7, 11) is 0. The van der Waals surface area contributed by atoms with E-state index in [1.54, 1.807) is 0 Å². The Bertz CT molecular complexity index is 158. The number of esters is 1. The van der Waals surface area contributed by atoms with Crippen LogP contribution in [0.5, 0.6) is 0 Å². The maximum absolute atomic E-state index is 10.9. The van der Waals surface area contributed by atoms with E-state index in [0.717, 1.165) is 12.8 Å². The third-order valence-corrected chi connectivity index (χ3v) is 2.66. The summed E-state index contributed by atoms with van der Waals surface area (Å²) in [5.74, 6) is -0.121. The van der Waals surface area contributed by atoms with Crippen molar-refractivity contribution in [2.45, 2.75) is 37.1 Å². The van der Waals surface area contributed by atoms with E-state index in [4.69, 9.17) is 4.74 Å². The van der Waals surface area contributed by atoms with E-state index in [9.17, 15) is 4.79 Å². The maximum atomic E-state index is 10.9. The molecule has 0 aromatic rings. The molecule has 0 radical (unpaired) electrons. The van der Waals surface area contributed by atoms with Crippen molar-refractivity contribution >= 4 is 21.9 Å². The zero-order chi connectivity index (χ0) is 7.78. The van der Waals surface area contributed by atoms with E-state index in [1.807, 2.05) is 13.8 Å². The summed E-state index contributed by atoms with van der Waals surface area (Å²) in [6, 6.07) is 0. The van der Waals surface area contributed by atoms with E-state index in [2.05, 4.69) is 15.9 Å². The SMILES string of the molecule is CC[C@@]1(C)CC(Br)C(=O)O1. The second-order valence-electron chi connectivity index (χ2n) is 2.90. The number of carbonyl (C=O) groups is 1. The lowest BCUT2D eigenvalue weighted by Gasteiger charge is -2.19. The number of ether oxygens (including phenoxy) is 1. The van der Waals surface area contributed by atoms with Crippen molar-refractivity contribution in [1.82, 2.24) is 0 Å². The van der Waals surface area contributed by atoms with Gasteiger partial charge in [0.15, 0.2) is 0 Å². The van der Waals surface area contributed by atoms with E-state index < -0.39 is 0 Å². The Balaban J connectivity index is 2.64. The number of alkyl halides is 1. The minimum absolute atomic E-state index is 0.0857. The Hall–Kier alpha value is -0.0500. The molecule has 0 aromatic carbocycles. The van der Waals surface area contributed by atoms with Gasteiger partial charge in [0.05, 0.1) is 0 Å². The molecular weight excluding hydrogens is 196 g/mol. The molecule has 0 bridgehead atoms. The van der Waals surface area contributed by atoms with Crippen LogP contribution in [0.15, 0.2) is 0 Å². The largest absolute Gasteiger partial charge is 0.458 e. The monoisotopic (exact) mass is 206 g/mol. The summed E-state index contributed by atoms with van der Waals surface area (Å²) in [5.41, 5.74) is -0.217. The fourth-order valence-corrected chi connectivity index (χ4v) is 1.81. The van der Waals surface area contributed by atoms with Crippen molar-refractivity contribution in [3.8, 4) is 0 Å². The molecule has 10 heavy (non-hydrogen) atoms. The lowest BCUT2D eigenvalue weighted by atomic mass is 10.0. The quantitative estimate of drug-likeness (QED) is 0.484. The minimum Gasteiger partial charge on any atom is -0.458 e. The molecule has 2 atom stereocenters. The van der Waals surface area contributed by atoms with Gasteiger partial charge in [-0.3, -0.25) is 4.79 Å². The predicted molar refractivity (Wildman–Crippen MR) is 42.1 cm³/mol. The van der Waals surface area contributed by atoms with Gasteiger partial charge in [-0.05, 0) is 13.3 Å². The molecule has 3 heteroatoms. The standard InChI is InChI=1S/C7H11BrO2/c1-3-7(2)4-5(8)6(9)10-7/h5H,3-4H2,1-2H3/t5?,7-/m0/s1. The summed E-state index contributed by atoms with van der Waals surface area (Å²) in [6.45, 7) is 3.99. The highest BCUT2D eigenvalue weighted by Gasteiger charge is 2.40. The Kier molecular flexibility index (Phi) is 2.04. The molecule has 1 aliphatic heterocycles. The number of hydrogen-bond acceptors (Lipinski definition) is 2. The van der Waals surface area contributed by atoms with Crippen LogP contribution in [0.4, 0.5) is 0 Å². The van der Waals surface area contributed by atoms with Gasteiger partial charge in [0.1, 0.15) is 10.4 Å². The number of halogens is 1. The Morgan fingerprint density at radius 1 is 1.90 bits per heavy atom. The molecule has 0 N–H and O–H groups in total. The Morgan fingerprint density at radius 2 is 2.50 bits per heavy atom. The zero-order valence-electron chi connectivity index (χ0n) is 6.19. The third kappa shape index (κ3) is 1.34. The third-order valence-electron chi connectivity index (χ3n) is 1.96. The van der Waals surface area contributed by atoms with Gasteiger partial charge in [-0.2, -0.15) is 0 Å². The Labute approximate surface area is 69.1 Å². The summed E-state index contributed by atoms with van der Waals surface area (Å²) in [5, 5.41) is 0. The first-order chi connectivity index (χ1) is 4.57. The molecular formula is C7H11BrO2. The van der Waals surface area contributed by atoms with Crippen molar-refractivity contribution in [3.05, 3.63) is 0 Å². The lowest BCUT2D eigenvalue weighted by Crippen LogP contribution is -2.21. The van der Waals surface area contributed by atoms with E-state index >= 15 is 0 Å². The van der Waals surface area contributed by atoms with Gasteiger partial charge in [0, 0.05) is 6.42 Å². The highest BCUT2D eigenvalue weighted by molar-refractivity contribution is 9.10. The fraction of sp³-hybridized carbons (Fsp3) is 0.857. The van der Waals surface area contributed by atoms with Gasteiger partial charge in [-0.25, -0.2) is 0 Å². The van der Waals surface area contributed by atoms with Crippen molar-refractivity contribution in [1.29, 1.82) is 0 Å².